The van der Waals surface area contributed by atoms with Crippen LogP contribution in [0.2, 0.25) is 0 Å². The SMILES string of the molecule is Cc1cc(F)ccc1NC(=O)CNC(=O)CC12CC3CC(CC(C3)C1)C2. The summed E-state index contributed by atoms with van der Waals surface area (Å²) in [4.78, 5) is 24.6. The molecule has 0 atom stereocenters. The van der Waals surface area contributed by atoms with Crippen molar-refractivity contribution in [1.29, 1.82) is 0 Å². The molecule has 0 spiro atoms. The summed E-state index contributed by atoms with van der Waals surface area (Å²) in [6.45, 7) is 1.70. The first-order valence-corrected chi connectivity index (χ1v) is 9.73. The fourth-order valence-corrected chi connectivity index (χ4v) is 6.05. The Labute approximate surface area is 153 Å². The normalized spacial score (nSPS) is 31.7. The highest BCUT2D eigenvalue weighted by Gasteiger charge is 2.51. The summed E-state index contributed by atoms with van der Waals surface area (Å²) in [7, 11) is 0. The van der Waals surface area contributed by atoms with E-state index in [9.17, 15) is 14.0 Å². The lowest BCUT2D eigenvalue weighted by Crippen LogP contribution is -2.48. The largest absolute Gasteiger partial charge is 0.347 e. The van der Waals surface area contributed by atoms with Crippen LogP contribution in [0.4, 0.5) is 10.1 Å². The molecule has 1 aromatic rings. The molecule has 4 aliphatic rings. The molecule has 4 nitrogen and oxygen atoms in total. The molecule has 5 rings (SSSR count). The first kappa shape index (κ1) is 17.5. The van der Waals surface area contributed by atoms with E-state index in [1.807, 2.05) is 0 Å². The van der Waals surface area contributed by atoms with Crippen molar-refractivity contribution in [3.05, 3.63) is 29.6 Å². The summed E-state index contributed by atoms with van der Waals surface area (Å²) in [6.07, 6.45) is 8.20. The summed E-state index contributed by atoms with van der Waals surface area (Å²) in [5.41, 5.74) is 1.42. The average Bonchev–Trinajstić information content (AvgIpc) is 2.54. The lowest BCUT2D eigenvalue weighted by atomic mass is 9.49. The number of carbonyl (C=O) groups is 2. The zero-order valence-electron chi connectivity index (χ0n) is 15.3. The van der Waals surface area contributed by atoms with Gasteiger partial charge >= 0.3 is 0 Å². The second-order valence-corrected chi connectivity index (χ2v) is 8.88. The molecule has 1 aromatic carbocycles. The van der Waals surface area contributed by atoms with Gasteiger partial charge in [0, 0.05) is 12.1 Å². The van der Waals surface area contributed by atoms with Crippen molar-refractivity contribution < 1.29 is 14.0 Å². The molecule has 4 saturated carbocycles. The Morgan fingerprint density at radius 2 is 1.69 bits per heavy atom. The number of anilines is 1. The molecular weight excluding hydrogens is 331 g/mol. The maximum absolute atomic E-state index is 13.1. The highest BCUT2D eigenvalue weighted by Crippen LogP contribution is 2.61. The van der Waals surface area contributed by atoms with Gasteiger partial charge in [-0.2, -0.15) is 0 Å². The molecule has 140 valence electrons. The molecule has 4 aliphatic carbocycles. The molecule has 5 heteroatoms. The van der Waals surface area contributed by atoms with Crippen molar-refractivity contribution in [2.45, 2.75) is 51.9 Å². The Morgan fingerprint density at radius 1 is 1.08 bits per heavy atom. The first-order valence-electron chi connectivity index (χ1n) is 9.73. The number of nitrogens with one attached hydrogen (secondary N) is 2. The maximum atomic E-state index is 13.1. The number of hydrogen-bond acceptors (Lipinski definition) is 2. The van der Waals surface area contributed by atoms with E-state index in [4.69, 9.17) is 0 Å². The second-order valence-electron chi connectivity index (χ2n) is 8.88. The average molecular weight is 358 g/mol. The van der Waals surface area contributed by atoms with Crippen LogP contribution in [-0.4, -0.2) is 18.4 Å². The van der Waals surface area contributed by atoms with E-state index in [1.54, 1.807) is 13.0 Å². The van der Waals surface area contributed by atoms with Crippen LogP contribution in [0.3, 0.4) is 0 Å². The number of carbonyl (C=O) groups excluding carboxylic acids is 2. The lowest BCUT2D eigenvalue weighted by Gasteiger charge is -2.56. The van der Waals surface area contributed by atoms with E-state index in [0.717, 1.165) is 17.8 Å². The van der Waals surface area contributed by atoms with Crippen LogP contribution in [-0.2, 0) is 9.59 Å². The molecule has 0 radical (unpaired) electrons. The molecule has 26 heavy (non-hydrogen) atoms. The van der Waals surface area contributed by atoms with Crippen LogP contribution in [0.5, 0.6) is 0 Å². The van der Waals surface area contributed by atoms with Gasteiger partial charge in [0.2, 0.25) is 11.8 Å². The van der Waals surface area contributed by atoms with Crippen LogP contribution in [0.25, 0.3) is 0 Å². The predicted octanol–water partition coefficient (Wildman–Crippen LogP) is 3.80. The predicted molar refractivity (Wildman–Crippen MR) is 98.0 cm³/mol. The number of amides is 2. The molecule has 0 saturated heterocycles. The second kappa shape index (κ2) is 6.67. The van der Waals surface area contributed by atoms with Crippen molar-refractivity contribution in [3.63, 3.8) is 0 Å². The van der Waals surface area contributed by atoms with Crippen molar-refractivity contribution in [2.24, 2.45) is 23.2 Å². The monoisotopic (exact) mass is 358 g/mol. The van der Waals surface area contributed by atoms with E-state index < -0.39 is 0 Å². The summed E-state index contributed by atoms with van der Waals surface area (Å²) in [6, 6.07) is 4.23. The standard InChI is InChI=1S/C21H27FN2O2/c1-13-4-17(22)2-3-18(13)24-20(26)12-23-19(25)11-21-8-14-5-15(9-21)7-16(6-14)10-21/h2-4,14-16H,5-12H2,1H3,(H,23,25)(H,24,26). The molecule has 0 unspecified atom stereocenters. The Kier molecular flexibility index (Phi) is 4.49. The Balaban J connectivity index is 1.28. The van der Waals surface area contributed by atoms with Crippen molar-refractivity contribution >= 4 is 17.5 Å². The van der Waals surface area contributed by atoms with Gasteiger partial charge in [-0.05, 0) is 92.4 Å². The lowest BCUT2D eigenvalue weighted by molar-refractivity contribution is -0.131. The highest BCUT2D eigenvalue weighted by atomic mass is 19.1. The minimum atomic E-state index is -0.329. The van der Waals surface area contributed by atoms with Gasteiger partial charge in [0.05, 0.1) is 6.54 Å². The van der Waals surface area contributed by atoms with Gasteiger partial charge in [-0.1, -0.05) is 0 Å². The van der Waals surface area contributed by atoms with Gasteiger partial charge in [-0.3, -0.25) is 9.59 Å². The number of aryl methyl sites for hydroxylation is 1. The van der Waals surface area contributed by atoms with Crippen LogP contribution >= 0.6 is 0 Å². The topological polar surface area (TPSA) is 58.2 Å². The smallest absolute Gasteiger partial charge is 0.243 e. The van der Waals surface area contributed by atoms with Crippen LogP contribution < -0.4 is 10.6 Å². The third-order valence-electron chi connectivity index (χ3n) is 6.61. The third-order valence-corrected chi connectivity index (χ3v) is 6.61. The van der Waals surface area contributed by atoms with Crippen molar-refractivity contribution in [3.8, 4) is 0 Å². The minimum Gasteiger partial charge on any atom is -0.347 e. The molecule has 4 bridgehead atoms. The molecule has 2 N–H and O–H groups in total. The van der Waals surface area contributed by atoms with Crippen LogP contribution in [0, 0.1) is 35.9 Å². The van der Waals surface area contributed by atoms with Gasteiger partial charge in [-0.25, -0.2) is 4.39 Å². The summed E-state index contributed by atoms with van der Waals surface area (Å²) >= 11 is 0. The maximum Gasteiger partial charge on any atom is 0.243 e. The van der Waals surface area contributed by atoms with E-state index in [0.29, 0.717) is 17.7 Å². The summed E-state index contributed by atoms with van der Waals surface area (Å²) in [5.74, 6) is 1.83. The van der Waals surface area contributed by atoms with E-state index in [2.05, 4.69) is 10.6 Å². The fraction of sp³-hybridized carbons (Fsp3) is 0.619. The Morgan fingerprint density at radius 3 is 2.27 bits per heavy atom. The number of rotatable bonds is 5. The summed E-state index contributed by atoms with van der Waals surface area (Å²) < 4.78 is 13.1. The Bertz CT molecular complexity index is 695. The fourth-order valence-electron chi connectivity index (χ4n) is 6.05. The van der Waals surface area contributed by atoms with E-state index in [1.165, 1.54) is 50.7 Å². The minimum absolute atomic E-state index is 0.0158. The van der Waals surface area contributed by atoms with E-state index >= 15 is 0 Å². The van der Waals surface area contributed by atoms with Gasteiger partial charge in [0.15, 0.2) is 0 Å². The van der Waals surface area contributed by atoms with Gasteiger partial charge in [-0.15, -0.1) is 0 Å². The third kappa shape index (κ3) is 3.62. The number of hydrogen-bond donors (Lipinski definition) is 2. The van der Waals surface area contributed by atoms with Gasteiger partial charge in [0.1, 0.15) is 5.82 Å². The zero-order valence-corrected chi connectivity index (χ0v) is 15.3. The number of benzene rings is 1. The zero-order chi connectivity index (χ0) is 18.3. The van der Waals surface area contributed by atoms with Gasteiger partial charge in [0.25, 0.3) is 0 Å². The van der Waals surface area contributed by atoms with Gasteiger partial charge < -0.3 is 10.6 Å². The first-order chi connectivity index (χ1) is 12.4. The molecule has 0 aliphatic heterocycles. The Hall–Kier alpha value is -1.91. The molecular formula is C21H27FN2O2. The van der Waals surface area contributed by atoms with Crippen molar-refractivity contribution in [1.82, 2.24) is 5.32 Å². The molecule has 4 fully saturated rings. The quantitative estimate of drug-likeness (QED) is 0.841. The van der Waals surface area contributed by atoms with Crippen LogP contribution in [0.1, 0.15) is 50.5 Å². The molecule has 2 amide bonds. The number of halogens is 1. The van der Waals surface area contributed by atoms with Crippen molar-refractivity contribution in [2.75, 3.05) is 11.9 Å². The van der Waals surface area contributed by atoms with Crippen LogP contribution in [0.15, 0.2) is 18.2 Å². The molecule has 0 heterocycles. The summed E-state index contributed by atoms with van der Waals surface area (Å²) in [5, 5.41) is 5.52. The molecule has 0 aromatic heterocycles. The highest BCUT2D eigenvalue weighted by molar-refractivity contribution is 5.95. The van der Waals surface area contributed by atoms with E-state index in [-0.39, 0.29) is 29.6 Å².